The predicted molar refractivity (Wildman–Crippen MR) is 87.3 cm³/mol. The Kier molecular flexibility index (Phi) is 4.56. The largest absolute Gasteiger partial charge is 0.364 e. The summed E-state index contributed by atoms with van der Waals surface area (Å²) in [7, 11) is 0. The van der Waals surface area contributed by atoms with Crippen molar-refractivity contribution in [3.05, 3.63) is 52.0 Å². The average Bonchev–Trinajstić information content (AvgIpc) is 3.18. The quantitative estimate of drug-likeness (QED) is 0.826. The molecule has 0 aliphatic heterocycles. The molecular formula is C17H21FN2S. The Morgan fingerprint density at radius 2 is 2.14 bits per heavy atom. The minimum atomic E-state index is -0.142. The van der Waals surface area contributed by atoms with Crippen LogP contribution in [0.4, 0.5) is 10.1 Å². The van der Waals surface area contributed by atoms with Crippen LogP contribution in [0.25, 0.3) is 0 Å². The first kappa shape index (κ1) is 14.5. The van der Waals surface area contributed by atoms with Crippen LogP contribution in [-0.4, -0.2) is 12.6 Å². The van der Waals surface area contributed by atoms with Gasteiger partial charge in [0.15, 0.2) is 0 Å². The fourth-order valence-electron chi connectivity index (χ4n) is 2.57. The molecule has 3 rings (SSSR count). The van der Waals surface area contributed by atoms with Gasteiger partial charge in [0, 0.05) is 24.8 Å². The number of thiophene rings is 1. The van der Waals surface area contributed by atoms with E-state index < -0.39 is 0 Å². The zero-order valence-corrected chi connectivity index (χ0v) is 13.1. The number of nitrogens with one attached hydrogen (secondary N) is 1. The number of anilines is 1. The molecule has 1 aromatic carbocycles. The molecule has 2 nitrogen and oxygen atoms in total. The Morgan fingerprint density at radius 1 is 1.29 bits per heavy atom. The second-order valence-electron chi connectivity index (χ2n) is 5.59. The molecule has 1 aliphatic carbocycles. The fourth-order valence-corrected chi connectivity index (χ4v) is 3.23. The van der Waals surface area contributed by atoms with E-state index in [1.165, 1.54) is 18.4 Å². The summed E-state index contributed by atoms with van der Waals surface area (Å²) in [5, 5.41) is 7.54. The molecule has 1 aliphatic rings. The van der Waals surface area contributed by atoms with Gasteiger partial charge in [-0.25, -0.2) is 4.39 Å². The van der Waals surface area contributed by atoms with Gasteiger partial charge >= 0.3 is 0 Å². The summed E-state index contributed by atoms with van der Waals surface area (Å²) in [5.74, 6) is -0.142. The number of nitrogens with zero attached hydrogens (tertiary/aromatic N) is 1. The summed E-state index contributed by atoms with van der Waals surface area (Å²) in [6.45, 7) is 4.55. The van der Waals surface area contributed by atoms with Crippen LogP contribution >= 0.6 is 11.3 Å². The van der Waals surface area contributed by atoms with Crippen LogP contribution in [0.3, 0.4) is 0 Å². The highest BCUT2D eigenvalue weighted by Gasteiger charge is 2.29. The minimum absolute atomic E-state index is 0.142. The van der Waals surface area contributed by atoms with Crippen molar-refractivity contribution in [1.29, 1.82) is 0 Å². The monoisotopic (exact) mass is 304 g/mol. The molecule has 0 bridgehead atoms. The number of benzene rings is 1. The summed E-state index contributed by atoms with van der Waals surface area (Å²) in [5.41, 5.74) is 3.34. The molecule has 1 fully saturated rings. The second kappa shape index (κ2) is 6.58. The van der Waals surface area contributed by atoms with E-state index in [2.05, 4.69) is 40.0 Å². The number of rotatable bonds is 7. The van der Waals surface area contributed by atoms with Crippen molar-refractivity contribution in [2.24, 2.45) is 0 Å². The van der Waals surface area contributed by atoms with Gasteiger partial charge < -0.3 is 10.2 Å². The summed E-state index contributed by atoms with van der Waals surface area (Å²) >= 11 is 1.72. The van der Waals surface area contributed by atoms with Gasteiger partial charge in [-0.05, 0) is 65.5 Å². The Morgan fingerprint density at radius 3 is 2.81 bits per heavy atom. The molecule has 0 saturated heterocycles. The third-order valence-electron chi connectivity index (χ3n) is 3.77. The molecule has 4 heteroatoms. The molecular weight excluding hydrogens is 283 g/mol. The lowest BCUT2D eigenvalue weighted by atomic mass is 10.1. The lowest BCUT2D eigenvalue weighted by Crippen LogP contribution is -2.25. The molecule has 0 radical (unpaired) electrons. The lowest BCUT2D eigenvalue weighted by Gasteiger charge is -2.25. The number of halogens is 1. The van der Waals surface area contributed by atoms with Crippen LogP contribution in [0.1, 0.15) is 30.9 Å². The van der Waals surface area contributed by atoms with Gasteiger partial charge in [-0.15, -0.1) is 0 Å². The Balaban J connectivity index is 1.82. The molecule has 0 spiro atoms. The van der Waals surface area contributed by atoms with Crippen molar-refractivity contribution in [3.8, 4) is 0 Å². The SMILES string of the molecule is CCNCc1cc(F)cc(N(Cc2ccsc2)C2CC2)c1. The van der Waals surface area contributed by atoms with E-state index in [1.807, 2.05) is 0 Å². The zero-order valence-electron chi connectivity index (χ0n) is 12.3. The van der Waals surface area contributed by atoms with Crippen LogP contribution in [0.2, 0.25) is 0 Å². The van der Waals surface area contributed by atoms with Crippen molar-refractivity contribution in [2.75, 3.05) is 11.4 Å². The maximum atomic E-state index is 13.9. The van der Waals surface area contributed by atoms with Gasteiger partial charge in [0.1, 0.15) is 5.82 Å². The first-order valence-electron chi connectivity index (χ1n) is 7.54. The molecule has 0 unspecified atom stereocenters. The van der Waals surface area contributed by atoms with Crippen LogP contribution in [0.15, 0.2) is 35.0 Å². The average molecular weight is 304 g/mol. The molecule has 112 valence electrons. The molecule has 2 aromatic rings. The van der Waals surface area contributed by atoms with Crippen molar-refractivity contribution in [2.45, 2.75) is 38.9 Å². The summed E-state index contributed by atoms with van der Waals surface area (Å²) in [6, 6.07) is 8.13. The highest BCUT2D eigenvalue weighted by Crippen LogP contribution is 2.34. The molecule has 1 N–H and O–H groups in total. The van der Waals surface area contributed by atoms with Gasteiger partial charge in [0.05, 0.1) is 0 Å². The van der Waals surface area contributed by atoms with Crippen LogP contribution in [0, 0.1) is 5.82 Å². The van der Waals surface area contributed by atoms with E-state index in [9.17, 15) is 4.39 Å². The smallest absolute Gasteiger partial charge is 0.125 e. The first-order chi connectivity index (χ1) is 10.3. The lowest BCUT2D eigenvalue weighted by molar-refractivity contribution is 0.620. The van der Waals surface area contributed by atoms with Gasteiger partial charge in [-0.1, -0.05) is 6.92 Å². The molecule has 21 heavy (non-hydrogen) atoms. The minimum Gasteiger partial charge on any atom is -0.364 e. The van der Waals surface area contributed by atoms with E-state index in [4.69, 9.17) is 0 Å². The molecule has 1 heterocycles. The van der Waals surface area contributed by atoms with E-state index >= 15 is 0 Å². The highest BCUT2D eigenvalue weighted by atomic mass is 32.1. The van der Waals surface area contributed by atoms with Crippen molar-refractivity contribution < 1.29 is 4.39 Å². The normalized spacial score (nSPS) is 14.4. The molecule has 0 amide bonds. The van der Waals surface area contributed by atoms with Gasteiger partial charge in [-0.2, -0.15) is 11.3 Å². The Labute approximate surface area is 129 Å². The number of hydrogen-bond acceptors (Lipinski definition) is 3. The van der Waals surface area contributed by atoms with Crippen molar-refractivity contribution in [1.82, 2.24) is 5.32 Å². The summed E-state index contributed by atoms with van der Waals surface area (Å²) in [4.78, 5) is 2.35. The second-order valence-corrected chi connectivity index (χ2v) is 6.37. The molecule has 1 saturated carbocycles. The van der Waals surface area contributed by atoms with Crippen molar-refractivity contribution >= 4 is 17.0 Å². The van der Waals surface area contributed by atoms with Crippen LogP contribution < -0.4 is 10.2 Å². The summed E-state index contributed by atoms with van der Waals surface area (Å²) in [6.07, 6.45) is 2.42. The Hall–Kier alpha value is -1.39. The maximum Gasteiger partial charge on any atom is 0.125 e. The van der Waals surface area contributed by atoms with E-state index in [1.54, 1.807) is 23.5 Å². The van der Waals surface area contributed by atoms with Crippen LogP contribution in [-0.2, 0) is 13.1 Å². The maximum absolute atomic E-state index is 13.9. The Bertz CT molecular complexity index is 578. The third-order valence-corrected chi connectivity index (χ3v) is 4.51. The van der Waals surface area contributed by atoms with E-state index in [0.29, 0.717) is 6.04 Å². The predicted octanol–water partition coefficient (Wildman–Crippen LogP) is 4.17. The third kappa shape index (κ3) is 3.83. The van der Waals surface area contributed by atoms with Gasteiger partial charge in [0.2, 0.25) is 0 Å². The van der Waals surface area contributed by atoms with E-state index in [-0.39, 0.29) is 5.82 Å². The first-order valence-corrected chi connectivity index (χ1v) is 8.48. The highest BCUT2D eigenvalue weighted by molar-refractivity contribution is 7.07. The summed E-state index contributed by atoms with van der Waals surface area (Å²) < 4.78 is 13.9. The molecule has 1 aromatic heterocycles. The standard InChI is InChI=1S/C17H21FN2S/c1-2-19-10-14-7-15(18)9-17(8-14)20(16-3-4-16)11-13-5-6-21-12-13/h5-9,12,16,19H,2-4,10-11H2,1H3. The van der Waals surface area contributed by atoms with Crippen molar-refractivity contribution in [3.63, 3.8) is 0 Å². The zero-order chi connectivity index (χ0) is 14.7. The number of hydrogen-bond donors (Lipinski definition) is 1. The van der Waals surface area contributed by atoms with Gasteiger partial charge in [-0.3, -0.25) is 0 Å². The van der Waals surface area contributed by atoms with Gasteiger partial charge in [0.25, 0.3) is 0 Å². The fraction of sp³-hybridized carbons (Fsp3) is 0.412. The van der Waals surface area contributed by atoms with Crippen LogP contribution in [0.5, 0.6) is 0 Å². The van der Waals surface area contributed by atoms with E-state index in [0.717, 1.165) is 30.9 Å². The molecule has 0 atom stereocenters. The topological polar surface area (TPSA) is 15.3 Å².